The van der Waals surface area contributed by atoms with Gasteiger partial charge in [-0.2, -0.15) is 31.9 Å². The average molecular weight is 632 g/mol. The summed E-state index contributed by atoms with van der Waals surface area (Å²) < 4.78 is 70.2. The van der Waals surface area contributed by atoms with Gasteiger partial charge in [0.05, 0.1) is 11.3 Å². The van der Waals surface area contributed by atoms with Crippen LogP contribution in [0.3, 0.4) is 0 Å². The molecular formula is C30H43F5N5O2P. The smallest absolute Gasteiger partial charge is 0.416 e. The Labute approximate surface area is 253 Å². The van der Waals surface area contributed by atoms with Crippen molar-refractivity contribution in [3.8, 4) is 0 Å². The number of nitrogens with two attached hydrogens (primary N) is 1. The predicted molar refractivity (Wildman–Crippen MR) is 169 cm³/mol. The van der Waals surface area contributed by atoms with Gasteiger partial charge in [-0.3, -0.25) is 4.79 Å². The monoisotopic (exact) mass is 631 g/mol. The van der Waals surface area contributed by atoms with E-state index in [0.717, 1.165) is 24.2 Å². The number of Topliss-reactive ketones (excluding diaryl/α,β-unsaturated/α-hetero) is 1. The SMILES string of the molecule is C=N/C(=N\C(=Nc1cccc(C(F)(F)F)c1)OCC(F)(F)P)c1cccc(C(C)=O)c1.CCCN(CCC)C(C)C.CN. The number of alkyl halides is 5. The van der Waals surface area contributed by atoms with E-state index < -0.39 is 30.0 Å². The number of ether oxygens (including phenoxy) is 1. The highest BCUT2D eigenvalue weighted by Crippen LogP contribution is 2.31. The summed E-state index contributed by atoms with van der Waals surface area (Å²) in [7, 11) is 2.77. The molecule has 0 aliphatic rings. The number of ketones is 1. The van der Waals surface area contributed by atoms with Crippen molar-refractivity contribution in [3.05, 3.63) is 65.2 Å². The molecule has 0 aliphatic carbocycles. The van der Waals surface area contributed by atoms with E-state index in [1.165, 1.54) is 67.3 Å². The van der Waals surface area contributed by atoms with Crippen molar-refractivity contribution in [2.45, 2.75) is 65.3 Å². The van der Waals surface area contributed by atoms with Crippen LogP contribution in [0.25, 0.3) is 0 Å². The van der Waals surface area contributed by atoms with Gasteiger partial charge >= 0.3 is 12.2 Å². The molecule has 240 valence electrons. The van der Waals surface area contributed by atoms with E-state index in [4.69, 9.17) is 4.74 Å². The van der Waals surface area contributed by atoms with Gasteiger partial charge < -0.3 is 15.4 Å². The van der Waals surface area contributed by atoms with Crippen LogP contribution >= 0.6 is 9.24 Å². The molecule has 0 saturated heterocycles. The fourth-order valence-corrected chi connectivity index (χ4v) is 3.56. The van der Waals surface area contributed by atoms with Crippen LogP contribution in [-0.2, 0) is 10.9 Å². The number of aliphatic imine (C=N–C) groups is 3. The van der Waals surface area contributed by atoms with Crippen molar-refractivity contribution in [1.82, 2.24) is 4.90 Å². The number of hydrogen-bond donors (Lipinski definition) is 1. The van der Waals surface area contributed by atoms with E-state index in [9.17, 15) is 26.7 Å². The molecule has 0 fully saturated rings. The molecule has 2 rings (SSSR count). The third kappa shape index (κ3) is 16.4. The number of carbonyl (C=O) groups is 1. The number of carbonyl (C=O) groups excluding carboxylic acids is 1. The molecule has 0 bridgehead atoms. The molecule has 0 radical (unpaired) electrons. The van der Waals surface area contributed by atoms with Crippen LogP contribution in [0.2, 0.25) is 0 Å². The van der Waals surface area contributed by atoms with Crippen LogP contribution < -0.4 is 5.73 Å². The normalized spacial score (nSPS) is 12.3. The van der Waals surface area contributed by atoms with Gasteiger partial charge in [-0.25, -0.2) is 4.99 Å². The van der Waals surface area contributed by atoms with Gasteiger partial charge in [0.25, 0.3) is 5.66 Å². The Kier molecular flexibility index (Phi) is 18.6. The number of nitrogens with zero attached hydrogens (tertiary/aromatic N) is 4. The quantitative estimate of drug-likeness (QED) is 0.0960. The number of hydrogen-bond acceptors (Lipinski definition) is 5. The van der Waals surface area contributed by atoms with E-state index in [-0.39, 0.29) is 17.3 Å². The number of halogens is 5. The molecule has 7 nitrogen and oxygen atoms in total. The largest absolute Gasteiger partial charge is 0.457 e. The molecule has 43 heavy (non-hydrogen) atoms. The highest BCUT2D eigenvalue weighted by molar-refractivity contribution is 7.18. The van der Waals surface area contributed by atoms with Crippen molar-refractivity contribution in [1.29, 1.82) is 0 Å². The van der Waals surface area contributed by atoms with Gasteiger partial charge in [0.2, 0.25) is 0 Å². The maximum atomic E-state index is 13.2. The van der Waals surface area contributed by atoms with Gasteiger partial charge in [-0.15, -0.1) is 0 Å². The standard InChI is InChI=1S/C20H17F5N3O2P.C9H21N.CH5N/c1-12(29)13-5-3-6-14(9-13)17(26-2)28-18(30-11-19(21,22)31)27-16-8-4-7-15(10-16)20(23,24)25;1-5-7-10(8-6-2)9(3)4;1-2/h3-10H,2,11,31H2,1H3;9H,5-8H2,1-4H3;2H2,1H3/b27-18?,28-17-;;. The lowest BCUT2D eigenvalue weighted by Gasteiger charge is -2.24. The summed E-state index contributed by atoms with van der Waals surface area (Å²) in [5.41, 5.74) is 0.606. The van der Waals surface area contributed by atoms with E-state index in [1.807, 2.05) is 0 Å². The second-order valence-electron chi connectivity index (χ2n) is 9.35. The Balaban J connectivity index is 0.00000124. The molecular weight excluding hydrogens is 588 g/mol. The predicted octanol–water partition coefficient (Wildman–Crippen LogP) is 7.62. The van der Waals surface area contributed by atoms with Crippen LogP contribution in [0.5, 0.6) is 0 Å². The highest BCUT2D eigenvalue weighted by atomic mass is 31.0. The molecule has 0 saturated carbocycles. The van der Waals surface area contributed by atoms with Crippen molar-refractivity contribution >= 4 is 39.3 Å². The third-order valence-corrected chi connectivity index (χ3v) is 5.59. The summed E-state index contributed by atoms with van der Waals surface area (Å²) >= 11 is 0. The fourth-order valence-electron chi connectivity index (χ4n) is 3.47. The summed E-state index contributed by atoms with van der Waals surface area (Å²) in [6, 6.07) is 10.0. The van der Waals surface area contributed by atoms with Gasteiger partial charge in [0, 0.05) is 17.2 Å². The maximum absolute atomic E-state index is 13.2. The van der Waals surface area contributed by atoms with Crippen LogP contribution in [0.15, 0.2) is 63.5 Å². The van der Waals surface area contributed by atoms with Gasteiger partial charge in [0.1, 0.15) is 0 Å². The van der Waals surface area contributed by atoms with Crippen LogP contribution in [0.1, 0.15) is 68.9 Å². The molecule has 2 aromatic rings. The zero-order valence-electron chi connectivity index (χ0n) is 25.6. The number of amidine groups is 2. The molecule has 0 heterocycles. The molecule has 0 aromatic heterocycles. The molecule has 1 atom stereocenters. The second-order valence-corrected chi connectivity index (χ2v) is 10.2. The maximum Gasteiger partial charge on any atom is 0.416 e. The topological polar surface area (TPSA) is 92.6 Å². The van der Waals surface area contributed by atoms with Gasteiger partial charge in [0.15, 0.2) is 18.2 Å². The Morgan fingerprint density at radius 3 is 2.02 bits per heavy atom. The van der Waals surface area contributed by atoms with Crippen molar-refractivity contribution in [2.24, 2.45) is 20.7 Å². The second kappa shape index (κ2) is 20.0. The van der Waals surface area contributed by atoms with Crippen molar-refractivity contribution in [2.75, 3.05) is 26.7 Å². The lowest BCUT2D eigenvalue weighted by atomic mass is 10.1. The first-order chi connectivity index (χ1) is 20.1. The van der Waals surface area contributed by atoms with E-state index in [1.54, 1.807) is 12.1 Å². The van der Waals surface area contributed by atoms with Crippen molar-refractivity contribution < 1.29 is 31.5 Å². The molecule has 0 spiro atoms. The lowest BCUT2D eigenvalue weighted by molar-refractivity contribution is -0.137. The van der Waals surface area contributed by atoms with Gasteiger partial charge in [-0.1, -0.05) is 47.4 Å². The minimum atomic E-state index is -4.62. The molecule has 0 aliphatic heterocycles. The van der Waals surface area contributed by atoms with Gasteiger partial charge in [-0.05, 0) is 84.7 Å². The van der Waals surface area contributed by atoms with Crippen LogP contribution in [-0.4, -0.2) is 67.7 Å². The van der Waals surface area contributed by atoms with E-state index >= 15 is 0 Å². The third-order valence-electron chi connectivity index (χ3n) is 5.42. The molecule has 0 amide bonds. The van der Waals surface area contributed by atoms with Crippen molar-refractivity contribution in [3.63, 3.8) is 0 Å². The summed E-state index contributed by atoms with van der Waals surface area (Å²) in [5, 5.41) is 0. The highest BCUT2D eigenvalue weighted by Gasteiger charge is 2.30. The number of rotatable bonds is 10. The molecule has 2 aromatic carbocycles. The first kappa shape index (κ1) is 39.9. The zero-order chi connectivity index (χ0) is 33.2. The Hall–Kier alpha value is -3.08. The van der Waals surface area contributed by atoms with E-state index in [2.05, 4.69) is 60.0 Å². The Morgan fingerprint density at radius 1 is 1.00 bits per heavy atom. The van der Waals surface area contributed by atoms with Crippen LogP contribution in [0, 0.1) is 0 Å². The summed E-state index contributed by atoms with van der Waals surface area (Å²) in [4.78, 5) is 25.6. The minimum Gasteiger partial charge on any atom is -0.457 e. The van der Waals surface area contributed by atoms with E-state index in [0.29, 0.717) is 11.1 Å². The Bertz CT molecular complexity index is 1190. The zero-order valence-corrected chi connectivity index (χ0v) is 26.7. The minimum absolute atomic E-state index is 0.124. The lowest BCUT2D eigenvalue weighted by Crippen LogP contribution is -2.32. The molecule has 1 unspecified atom stereocenters. The molecule has 13 heteroatoms. The average Bonchev–Trinajstić information content (AvgIpc) is 2.95. The first-order valence-corrected chi connectivity index (χ1v) is 14.2. The molecule has 2 N–H and O–H groups in total. The Morgan fingerprint density at radius 2 is 1.56 bits per heavy atom. The first-order valence-electron chi connectivity index (χ1n) is 13.6. The summed E-state index contributed by atoms with van der Waals surface area (Å²) in [6.45, 7) is 15.1. The summed E-state index contributed by atoms with van der Waals surface area (Å²) in [5.74, 6) is -0.358. The number of benzene rings is 2. The summed E-state index contributed by atoms with van der Waals surface area (Å²) in [6.07, 6.45) is -2.07. The fraction of sp³-hybridized carbons (Fsp3) is 0.467. The van der Waals surface area contributed by atoms with Crippen LogP contribution in [0.4, 0.5) is 27.6 Å².